The number of rotatable bonds is 15. The van der Waals surface area contributed by atoms with Crippen LogP contribution in [0, 0.1) is 12.3 Å². The van der Waals surface area contributed by atoms with Crippen molar-refractivity contribution in [3.63, 3.8) is 0 Å². The van der Waals surface area contributed by atoms with Gasteiger partial charge in [-0.1, -0.05) is 81.4 Å². The molecule has 0 aliphatic heterocycles. The van der Waals surface area contributed by atoms with Crippen molar-refractivity contribution in [3.8, 4) is 12.3 Å². The van der Waals surface area contributed by atoms with Gasteiger partial charge in [0.05, 0.1) is 12.2 Å². The minimum absolute atomic E-state index is 0.0772. The molecule has 186 valence electrons. The number of terminal acetylenes is 1. The molecule has 2 rings (SSSR count). The summed E-state index contributed by atoms with van der Waals surface area (Å²) >= 11 is 0. The van der Waals surface area contributed by atoms with Crippen LogP contribution in [0.2, 0.25) is 5.04 Å². The maximum absolute atomic E-state index is 7.01. The molecule has 5 nitrogen and oxygen atoms in total. The van der Waals surface area contributed by atoms with E-state index in [-0.39, 0.29) is 30.8 Å². The van der Waals surface area contributed by atoms with Gasteiger partial charge >= 0.3 is 0 Å². The molecule has 0 unspecified atom stereocenters. The first kappa shape index (κ1) is 28.3. The Morgan fingerprint density at radius 1 is 0.824 bits per heavy atom. The fourth-order valence-corrected chi connectivity index (χ4v) is 8.92. The van der Waals surface area contributed by atoms with E-state index in [9.17, 15) is 0 Å². The summed E-state index contributed by atoms with van der Waals surface area (Å²) in [5.74, 6) is 2.69. The number of ether oxygens (including phenoxy) is 4. The first-order chi connectivity index (χ1) is 16.4. The smallest absolute Gasteiger partial charge is 0.261 e. The molecule has 0 N–H and O–H groups in total. The number of hydrogen-bond donors (Lipinski definition) is 0. The molecule has 0 bridgehead atoms. The molecule has 2 atom stereocenters. The lowest BCUT2D eigenvalue weighted by molar-refractivity contribution is -0.116. The molecule has 2 aromatic rings. The molecule has 6 heteroatoms. The summed E-state index contributed by atoms with van der Waals surface area (Å²) in [5, 5.41) is 2.44. The Labute approximate surface area is 206 Å². The number of hydrogen-bond acceptors (Lipinski definition) is 5. The molecular weight excluding hydrogens is 444 g/mol. The van der Waals surface area contributed by atoms with Crippen molar-refractivity contribution < 1.29 is 23.4 Å². The van der Waals surface area contributed by atoms with Gasteiger partial charge in [-0.3, -0.25) is 0 Å². The van der Waals surface area contributed by atoms with Crippen LogP contribution in [0.5, 0.6) is 0 Å². The maximum atomic E-state index is 7.01. The van der Waals surface area contributed by atoms with E-state index < -0.39 is 8.32 Å². The third-order valence-corrected chi connectivity index (χ3v) is 10.9. The van der Waals surface area contributed by atoms with Gasteiger partial charge in [0.15, 0.2) is 0 Å². The monoisotopic (exact) mass is 484 g/mol. The summed E-state index contributed by atoms with van der Waals surface area (Å²) in [4.78, 5) is 0. The average molecular weight is 485 g/mol. The lowest BCUT2D eigenvalue weighted by Gasteiger charge is -2.43. The third kappa shape index (κ3) is 7.77. The first-order valence-electron chi connectivity index (χ1n) is 11.8. The summed E-state index contributed by atoms with van der Waals surface area (Å²) < 4.78 is 29.0. The Balaban J connectivity index is 2.28. The van der Waals surface area contributed by atoms with Gasteiger partial charge in [-0.15, -0.1) is 12.3 Å². The Hall–Kier alpha value is -1.98. The minimum Gasteiger partial charge on any atom is -0.407 e. The fourth-order valence-electron chi connectivity index (χ4n) is 4.34. The van der Waals surface area contributed by atoms with E-state index in [1.807, 2.05) is 0 Å². The molecule has 0 amide bonds. The standard InChI is InChI=1S/C28H40O5Si/c1-7-14-24(31-22-29-5)21-25(32-23-30-6)19-20-33-34(28(2,3)4,26-15-10-8-11-16-26)27-17-12-9-13-18-27/h1,8-13,15-18,24-25H,14,19-23H2,2-6H3/t24-,25+/m1/s1. The highest BCUT2D eigenvalue weighted by atomic mass is 28.4. The molecule has 0 aromatic heterocycles. The van der Waals surface area contributed by atoms with Crippen LogP contribution in [0.15, 0.2) is 60.7 Å². The minimum atomic E-state index is -2.59. The Kier molecular flexibility index (Phi) is 12.0. The zero-order valence-corrected chi connectivity index (χ0v) is 22.3. The Morgan fingerprint density at radius 3 is 1.76 bits per heavy atom. The molecule has 0 heterocycles. The van der Waals surface area contributed by atoms with Crippen LogP contribution in [0.1, 0.15) is 40.0 Å². The Bertz CT molecular complexity index is 805. The third-order valence-electron chi connectivity index (χ3n) is 5.89. The van der Waals surface area contributed by atoms with Gasteiger partial charge in [0.2, 0.25) is 0 Å². The van der Waals surface area contributed by atoms with Gasteiger partial charge in [-0.25, -0.2) is 0 Å². The highest BCUT2D eigenvalue weighted by Crippen LogP contribution is 2.37. The summed E-state index contributed by atoms with van der Waals surface area (Å²) in [6, 6.07) is 21.3. The van der Waals surface area contributed by atoms with Crippen molar-refractivity contribution in [3.05, 3.63) is 60.7 Å². The molecule has 0 spiro atoms. The van der Waals surface area contributed by atoms with Crippen molar-refractivity contribution >= 4 is 18.7 Å². The summed E-state index contributed by atoms with van der Waals surface area (Å²) in [6.07, 6.45) is 7.12. The van der Waals surface area contributed by atoms with Gasteiger partial charge in [-0.05, 0) is 21.8 Å². The lowest BCUT2D eigenvalue weighted by atomic mass is 10.1. The topological polar surface area (TPSA) is 46.2 Å². The molecule has 0 saturated heterocycles. The van der Waals surface area contributed by atoms with E-state index in [1.54, 1.807) is 14.2 Å². The SMILES string of the molecule is C#CC[C@H](C[C@H](CCO[Si](c1ccccc1)(c1ccccc1)C(C)(C)C)OCOC)OCOC. The number of methoxy groups -OCH3 is 2. The zero-order chi connectivity index (χ0) is 24.9. The average Bonchev–Trinajstić information content (AvgIpc) is 2.84. The molecule has 34 heavy (non-hydrogen) atoms. The number of benzene rings is 2. The van der Waals surface area contributed by atoms with Crippen molar-refractivity contribution in [2.24, 2.45) is 0 Å². The second-order valence-electron chi connectivity index (χ2n) is 9.33. The summed E-state index contributed by atoms with van der Waals surface area (Å²) in [7, 11) is 0.628. The molecular formula is C28H40O5Si. The van der Waals surface area contributed by atoms with Crippen LogP contribution in [-0.4, -0.2) is 54.9 Å². The molecule has 0 saturated carbocycles. The summed E-state index contributed by atoms with van der Waals surface area (Å²) in [6.45, 7) is 7.78. The van der Waals surface area contributed by atoms with Gasteiger partial charge in [0.25, 0.3) is 8.32 Å². The highest BCUT2D eigenvalue weighted by Gasteiger charge is 2.50. The van der Waals surface area contributed by atoms with Crippen LogP contribution in [0.25, 0.3) is 0 Å². The quantitative estimate of drug-likeness (QED) is 0.214. The van der Waals surface area contributed by atoms with Crippen LogP contribution in [0.3, 0.4) is 0 Å². The van der Waals surface area contributed by atoms with Crippen LogP contribution < -0.4 is 10.4 Å². The van der Waals surface area contributed by atoms with Crippen molar-refractivity contribution in [2.75, 3.05) is 34.4 Å². The van der Waals surface area contributed by atoms with E-state index in [1.165, 1.54) is 10.4 Å². The second kappa shape index (κ2) is 14.4. The largest absolute Gasteiger partial charge is 0.407 e. The van der Waals surface area contributed by atoms with Gasteiger partial charge in [0.1, 0.15) is 13.6 Å². The van der Waals surface area contributed by atoms with Gasteiger partial charge < -0.3 is 23.4 Å². The van der Waals surface area contributed by atoms with E-state index in [4.69, 9.17) is 29.8 Å². The molecule has 0 aliphatic rings. The van der Waals surface area contributed by atoms with Crippen LogP contribution in [-0.2, 0) is 23.4 Å². The predicted octanol–water partition coefficient (Wildman–Crippen LogP) is 4.34. The fraction of sp³-hybridized carbons (Fsp3) is 0.500. The lowest BCUT2D eigenvalue weighted by Crippen LogP contribution is -2.66. The van der Waals surface area contributed by atoms with E-state index in [0.29, 0.717) is 25.9 Å². The zero-order valence-electron chi connectivity index (χ0n) is 21.3. The highest BCUT2D eigenvalue weighted by molar-refractivity contribution is 6.99. The van der Waals surface area contributed by atoms with E-state index in [0.717, 1.165) is 0 Å². The van der Waals surface area contributed by atoms with E-state index in [2.05, 4.69) is 87.4 Å². The van der Waals surface area contributed by atoms with Gasteiger partial charge in [0, 0.05) is 33.7 Å². The molecule has 0 aliphatic carbocycles. The molecule has 0 fully saturated rings. The Morgan fingerprint density at radius 2 is 1.32 bits per heavy atom. The first-order valence-corrected chi connectivity index (χ1v) is 13.7. The second-order valence-corrected chi connectivity index (χ2v) is 13.6. The molecule has 2 aromatic carbocycles. The van der Waals surface area contributed by atoms with Crippen LogP contribution >= 0.6 is 0 Å². The van der Waals surface area contributed by atoms with Crippen LogP contribution in [0.4, 0.5) is 0 Å². The van der Waals surface area contributed by atoms with E-state index >= 15 is 0 Å². The van der Waals surface area contributed by atoms with Crippen molar-refractivity contribution in [2.45, 2.75) is 57.3 Å². The summed E-state index contributed by atoms with van der Waals surface area (Å²) in [5.41, 5.74) is 0. The normalized spacial score (nSPS) is 13.9. The maximum Gasteiger partial charge on any atom is 0.261 e. The predicted molar refractivity (Wildman–Crippen MR) is 140 cm³/mol. The molecule has 0 radical (unpaired) electrons. The van der Waals surface area contributed by atoms with Crippen molar-refractivity contribution in [1.29, 1.82) is 0 Å². The van der Waals surface area contributed by atoms with Gasteiger partial charge in [-0.2, -0.15) is 0 Å². The van der Waals surface area contributed by atoms with Crippen molar-refractivity contribution in [1.82, 2.24) is 0 Å².